The van der Waals surface area contributed by atoms with Gasteiger partial charge in [-0.3, -0.25) is 34.2 Å². The van der Waals surface area contributed by atoms with Crippen molar-refractivity contribution in [2.75, 3.05) is 54.4 Å². The number of nitrogens with two attached hydrogens (primary N) is 1. The number of carbonyl (C=O) groups is 5. The second-order valence-electron chi connectivity index (χ2n) is 19.0. The summed E-state index contributed by atoms with van der Waals surface area (Å²) in [4.78, 5) is 84.0. The first-order valence-corrected chi connectivity index (χ1v) is 25.4. The van der Waals surface area contributed by atoms with E-state index in [4.69, 9.17) is 17.3 Å². The summed E-state index contributed by atoms with van der Waals surface area (Å²) < 4.78 is 43.4. The largest absolute Gasteiger partial charge is 0.405 e. The Morgan fingerprint density at radius 2 is 1.70 bits per heavy atom. The molecule has 16 nitrogen and oxygen atoms in total. The number of fused-ring (bicyclic) bond motifs is 1. The van der Waals surface area contributed by atoms with Gasteiger partial charge in [-0.2, -0.15) is 13.2 Å². The second kappa shape index (κ2) is 22.7. The Morgan fingerprint density at radius 3 is 2.44 bits per heavy atom. The first kappa shape index (κ1) is 51.5. The predicted octanol–water partition coefficient (Wildman–Crippen LogP) is 7.11. The molecule has 71 heavy (non-hydrogen) atoms. The first-order valence-electron chi connectivity index (χ1n) is 24.2. The number of anilines is 3. The van der Waals surface area contributed by atoms with Crippen LogP contribution >= 0.6 is 23.4 Å². The maximum Gasteiger partial charge on any atom is 0.405 e. The van der Waals surface area contributed by atoms with E-state index in [0.717, 1.165) is 67.4 Å². The van der Waals surface area contributed by atoms with Crippen molar-refractivity contribution in [1.82, 2.24) is 35.4 Å². The number of alkyl halides is 3. The topological polar surface area (TPSA) is 199 Å². The zero-order valence-electron chi connectivity index (χ0n) is 39.6. The van der Waals surface area contributed by atoms with E-state index in [9.17, 15) is 37.1 Å². The van der Waals surface area contributed by atoms with E-state index in [2.05, 4.69) is 42.7 Å². The number of pyridine rings is 1. The lowest BCUT2D eigenvalue weighted by Gasteiger charge is -2.43. The van der Waals surface area contributed by atoms with Crippen molar-refractivity contribution >= 4 is 70.1 Å². The number of piperidine rings is 2. The number of amides is 5. The fourth-order valence-electron chi connectivity index (χ4n) is 9.48. The molecule has 4 aromatic rings. The molecule has 8 rings (SSSR count). The van der Waals surface area contributed by atoms with E-state index in [1.165, 1.54) is 33.7 Å². The van der Waals surface area contributed by atoms with Crippen molar-refractivity contribution in [3.63, 3.8) is 0 Å². The summed E-state index contributed by atoms with van der Waals surface area (Å²) in [6.07, 6.45) is 6.32. The van der Waals surface area contributed by atoms with Crippen LogP contribution in [0.25, 0.3) is 0 Å². The summed E-state index contributed by atoms with van der Waals surface area (Å²) in [6.45, 7) is 4.49. The molecule has 0 aliphatic carbocycles. The number of rotatable bonds is 18. The average molecular weight is 1020 g/mol. The van der Waals surface area contributed by atoms with Crippen LogP contribution in [-0.2, 0) is 27.5 Å². The Hall–Kier alpha value is -5.83. The van der Waals surface area contributed by atoms with Gasteiger partial charge in [0, 0.05) is 80.3 Å². The number of unbranched alkanes of at least 4 members (excludes halogenated alkanes) is 5. The molecular formula is C50H59ClF3N11O5S. The Kier molecular flexibility index (Phi) is 16.5. The molecular weight excluding hydrogens is 959 g/mol. The van der Waals surface area contributed by atoms with Gasteiger partial charge in [-0.15, -0.1) is 0 Å². The molecule has 2 aromatic carbocycles. The van der Waals surface area contributed by atoms with E-state index in [1.54, 1.807) is 35.5 Å². The number of piperazine rings is 1. The highest BCUT2D eigenvalue weighted by atomic mass is 35.5. The molecule has 5 amide bonds. The van der Waals surface area contributed by atoms with E-state index in [1.807, 2.05) is 24.3 Å². The van der Waals surface area contributed by atoms with Gasteiger partial charge in [-0.25, -0.2) is 15.0 Å². The third-order valence-corrected chi connectivity index (χ3v) is 14.8. The van der Waals surface area contributed by atoms with Gasteiger partial charge < -0.3 is 31.1 Å². The van der Waals surface area contributed by atoms with Crippen molar-refractivity contribution in [3.05, 3.63) is 94.5 Å². The molecule has 3 fully saturated rings. The van der Waals surface area contributed by atoms with Gasteiger partial charge >= 0.3 is 6.18 Å². The van der Waals surface area contributed by atoms with Crippen LogP contribution in [0.4, 0.5) is 30.4 Å². The quantitative estimate of drug-likeness (QED) is 0.0447. The van der Waals surface area contributed by atoms with Gasteiger partial charge in [0.2, 0.25) is 17.7 Å². The smallest absolute Gasteiger partial charge is 0.366 e. The number of imide groups is 1. The predicted molar refractivity (Wildman–Crippen MR) is 264 cm³/mol. The number of halogens is 4. The summed E-state index contributed by atoms with van der Waals surface area (Å²) in [5.74, 6) is -0.946. The third-order valence-electron chi connectivity index (χ3n) is 13.6. The van der Waals surface area contributed by atoms with Gasteiger partial charge in [0.05, 0.1) is 18.1 Å². The molecule has 0 bridgehead atoms. The Morgan fingerprint density at radius 1 is 0.930 bits per heavy atom. The Labute approximate surface area is 420 Å². The molecule has 4 aliphatic heterocycles. The fourth-order valence-corrected chi connectivity index (χ4v) is 10.5. The van der Waals surface area contributed by atoms with Crippen LogP contribution in [0.2, 0.25) is 5.15 Å². The molecule has 2 aromatic heterocycles. The van der Waals surface area contributed by atoms with E-state index in [-0.39, 0.29) is 73.1 Å². The van der Waals surface area contributed by atoms with Crippen molar-refractivity contribution in [3.8, 4) is 0 Å². The van der Waals surface area contributed by atoms with Gasteiger partial charge in [0.25, 0.3) is 11.8 Å². The molecule has 5 N–H and O–H groups in total. The minimum atomic E-state index is -4.48. The lowest BCUT2D eigenvalue weighted by atomic mass is 9.91. The van der Waals surface area contributed by atoms with Crippen molar-refractivity contribution in [2.24, 2.45) is 5.73 Å². The highest BCUT2D eigenvalue weighted by Crippen LogP contribution is 2.34. The summed E-state index contributed by atoms with van der Waals surface area (Å²) in [7, 11) is 0. The normalized spacial score (nSPS) is 19.4. The molecule has 2 atom stereocenters. The van der Waals surface area contributed by atoms with E-state index >= 15 is 0 Å². The van der Waals surface area contributed by atoms with Gasteiger partial charge in [-0.05, 0) is 93.1 Å². The van der Waals surface area contributed by atoms with Crippen LogP contribution in [-0.4, -0.2) is 117 Å². The number of nitrogens with one attached hydrogen (secondary N) is 3. The highest BCUT2D eigenvalue weighted by molar-refractivity contribution is 7.99. The molecule has 21 heteroatoms. The monoisotopic (exact) mass is 1020 g/mol. The Balaban J connectivity index is 0.719. The maximum absolute atomic E-state index is 14.5. The first-order chi connectivity index (χ1) is 34.0. The van der Waals surface area contributed by atoms with Gasteiger partial charge in [0.1, 0.15) is 28.6 Å². The second-order valence-corrected chi connectivity index (χ2v) is 20.5. The number of hydrogen-bond donors (Lipinski definition) is 4. The van der Waals surface area contributed by atoms with Crippen molar-refractivity contribution in [2.45, 2.75) is 124 Å². The van der Waals surface area contributed by atoms with Gasteiger partial charge in [0.15, 0.2) is 5.15 Å². The molecule has 4 aliphatic rings. The zero-order valence-corrected chi connectivity index (χ0v) is 41.2. The third kappa shape index (κ3) is 13.4. The number of aromatic nitrogens is 3. The van der Waals surface area contributed by atoms with E-state index in [0.29, 0.717) is 60.4 Å². The highest BCUT2D eigenvalue weighted by Gasteiger charge is 2.46. The van der Waals surface area contributed by atoms with Crippen LogP contribution in [0.15, 0.2) is 76.9 Å². The molecule has 378 valence electrons. The van der Waals surface area contributed by atoms with Crippen LogP contribution < -0.4 is 31.5 Å². The lowest BCUT2D eigenvalue weighted by Crippen LogP contribution is -2.59. The molecule has 3 saturated heterocycles. The summed E-state index contributed by atoms with van der Waals surface area (Å²) in [5, 5.41) is 8.72. The fraction of sp³-hybridized carbons (Fsp3) is 0.480. The molecule has 2 unspecified atom stereocenters. The molecule has 0 radical (unpaired) electrons. The molecule has 0 spiro atoms. The van der Waals surface area contributed by atoms with Gasteiger partial charge in [-0.1, -0.05) is 67.2 Å². The SMILES string of the molecule is CC1(N)CCN(c2cnc(Sc3cccc(NC(=O)CCCCCCCCN4CCN(c5ccc(C(=O)NCc6ccc7c(c6)CN(C6CCC(=O)NC6=O)C7=O)nc5Cl)CC4C(F)(F)F)c3)cn2)CC1. The summed E-state index contributed by atoms with van der Waals surface area (Å²) in [5.41, 5.74) is 8.97. The van der Waals surface area contributed by atoms with Crippen LogP contribution in [0, 0.1) is 0 Å². The van der Waals surface area contributed by atoms with Crippen LogP contribution in [0.1, 0.15) is 110 Å². The maximum atomic E-state index is 14.5. The summed E-state index contributed by atoms with van der Waals surface area (Å²) >= 11 is 7.99. The summed E-state index contributed by atoms with van der Waals surface area (Å²) in [6, 6.07) is 13.2. The van der Waals surface area contributed by atoms with Crippen LogP contribution in [0.5, 0.6) is 0 Å². The molecule has 6 heterocycles. The minimum absolute atomic E-state index is 0.00656. The van der Waals surface area contributed by atoms with Crippen molar-refractivity contribution < 1.29 is 37.1 Å². The number of nitrogens with zero attached hydrogens (tertiary/aromatic N) is 7. The molecule has 0 saturated carbocycles. The lowest BCUT2D eigenvalue weighted by molar-refractivity contribution is -0.184. The standard InChI is InChI=1S/C50H59ClF3N11O5S/c1-49(55)18-21-63(22-19-49)41-28-57-44(29-56-41)71-35-10-8-9-34(26-35)59-42(66)11-6-4-2-3-5-7-20-62-23-24-64(31-40(62)50(52,53)54)38-15-14-37(60-45(38)51)46(68)58-27-32-12-13-36-33(25-32)30-65(48(36)70)39-16-17-43(67)61-47(39)69/h8-10,12-15,25-26,28-29,39-40H,2-7,11,16-24,27,30-31,55H2,1H3,(H,58,68)(H,59,66)(H,61,67,69). The van der Waals surface area contributed by atoms with Crippen molar-refractivity contribution in [1.29, 1.82) is 0 Å². The number of carbonyl (C=O) groups excluding carboxylic acids is 5. The van der Waals surface area contributed by atoms with E-state index < -0.39 is 30.1 Å². The minimum Gasteiger partial charge on any atom is -0.366 e. The Bertz CT molecular complexity index is 2600. The zero-order chi connectivity index (χ0) is 50.3. The number of hydrogen-bond acceptors (Lipinski definition) is 13. The average Bonchev–Trinajstić information content (AvgIpc) is 3.66. The van der Waals surface area contributed by atoms with Crippen LogP contribution in [0.3, 0.4) is 0 Å². The number of benzene rings is 2.